The first-order valence-electron chi connectivity index (χ1n) is 6.26. The Kier molecular flexibility index (Phi) is 3.60. The summed E-state index contributed by atoms with van der Waals surface area (Å²) >= 11 is 3.42. The SMILES string of the molecule is O=C1COc2cc(NCc3ccc(Br)cc3)ccc2N1. The second-order valence-corrected chi connectivity index (χ2v) is 5.44. The molecule has 0 aliphatic carbocycles. The Bertz CT molecular complexity index is 641. The number of carbonyl (C=O) groups excluding carboxylic acids is 1. The van der Waals surface area contributed by atoms with Crippen molar-refractivity contribution >= 4 is 33.2 Å². The quantitative estimate of drug-likeness (QED) is 0.905. The van der Waals surface area contributed by atoms with Gasteiger partial charge in [0.15, 0.2) is 6.61 Å². The molecule has 1 heterocycles. The molecule has 2 N–H and O–H groups in total. The molecular formula is C15H13BrN2O2. The van der Waals surface area contributed by atoms with Crippen LogP contribution in [0.25, 0.3) is 0 Å². The van der Waals surface area contributed by atoms with Crippen LogP contribution in [0.1, 0.15) is 5.56 Å². The number of ether oxygens (including phenoxy) is 1. The summed E-state index contributed by atoms with van der Waals surface area (Å²) < 4.78 is 6.45. The smallest absolute Gasteiger partial charge is 0.262 e. The molecule has 1 aliphatic rings. The van der Waals surface area contributed by atoms with Crippen LogP contribution >= 0.6 is 15.9 Å². The van der Waals surface area contributed by atoms with Crippen LogP contribution in [0.2, 0.25) is 0 Å². The van der Waals surface area contributed by atoms with Crippen molar-refractivity contribution in [2.45, 2.75) is 6.54 Å². The topological polar surface area (TPSA) is 50.4 Å². The monoisotopic (exact) mass is 332 g/mol. The van der Waals surface area contributed by atoms with Crippen molar-refractivity contribution in [2.24, 2.45) is 0 Å². The third-order valence-electron chi connectivity index (χ3n) is 3.02. The van der Waals surface area contributed by atoms with Gasteiger partial charge in [-0.25, -0.2) is 0 Å². The molecule has 0 atom stereocenters. The van der Waals surface area contributed by atoms with Crippen molar-refractivity contribution in [3.05, 3.63) is 52.5 Å². The summed E-state index contributed by atoms with van der Waals surface area (Å²) in [5.74, 6) is 0.582. The maximum absolute atomic E-state index is 11.2. The highest BCUT2D eigenvalue weighted by atomic mass is 79.9. The first kappa shape index (κ1) is 13.0. The number of hydrogen-bond donors (Lipinski definition) is 2. The van der Waals surface area contributed by atoms with Gasteiger partial charge in [0.2, 0.25) is 0 Å². The summed E-state index contributed by atoms with van der Waals surface area (Å²) in [5, 5.41) is 6.10. The van der Waals surface area contributed by atoms with Gasteiger partial charge in [0.25, 0.3) is 5.91 Å². The molecule has 0 fully saturated rings. The predicted octanol–water partition coefficient (Wildman–Crippen LogP) is 3.39. The van der Waals surface area contributed by atoms with Crippen molar-refractivity contribution in [3.8, 4) is 5.75 Å². The zero-order valence-corrected chi connectivity index (χ0v) is 12.2. The van der Waals surface area contributed by atoms with E-state index in [2.05, 4.69) is 38.7 Å². The number of halogens is 1. The first-order chi connectivity index (χ1) is 9.70. The molecule has 0 spiro atoms. The fourth-order valence-electron chi connectivity index (χ4n) is 1.99. The van der Waals surface area contributed by atoms with E-state index >= 15 is 0 Å². The van der Waals surface area contributed by atoms with Gasteiger partial charge < -0.3 is 15.4 Å². The largest absolute Gasteiger partial charge is 0.482 e. The van der Waals surface area contributed by atoms with Gasteiger partial charge in [-0.3, -0.25) is 4.79 Å². The van der Waals surface area contributed by atoms with E-state index in [0.29, 0.717) is 5.75 Å². The number of rotatable bonds is 3. The van der Waals surface area contributed by atoms with Crippen molar-refractivity contribution < 1.29 is 9.53 Å². The fourth-order valence-corrected chi connectivity index (χ4v) is 2.26. The van der Waals surface area contributed by atoms with Gasteiger partial charge in [0.1, 0.15) is 5.75 Å². The summed E-state index contributed by atoms with van der Waals surface area (Å²) in [5.41, 5.74) is 2.87. The van der Waals surface area contributed by atoms with E-state index < -0.39 is 0 Å². The molecule has 102 valence electrons. The number of benzene rings is 2. The molecule has 0 bridgehead atoms. The average molecular weight is 333 g/mol. The molecule has 3 rings (SSSR count). The van der Waals surface area contributed by atoms with E-state index in [0.717, 1.165) is 22.4 Å². The molecule has 0 unspecified atom stereocenters. The molecule has 2 aromatic rings. The summed E-state index contributed by atoms with van der Waals surface area (Å²) in [6.45, 7) is 0.807. The molecule has 0 saturated heterocycles. The van der Waals surface area contributed by atoms with E-state index in [1.54, 1.807) is 0 Å². The highest BCUT2D eigenvalue weighted by Crippen LogP contribution is 2.30. The molecule has 20 heavy (non-hydrogen) atoms. The van der Waals surface area contributed by atoms with E-state index in [1.807, 2.05) is 30.3 Å². The van der Waals surface area contributed by atoms with E-state index in [4.69, 9.17) is 4.74 Å². The number of nitrogens with one attached hydrogen (secondary N) is 2. The lowest BCUT2D eigenvalue weighted by molar-refractivity contribution is -0.118. The van der Waals surface area contributed by atoms with Crippen molar-refractivity contribution in [1.29, 1.82) is 0 Å². The van der Waals surface area contributed by atoms with Crippen LogP contribution in [-0.4, -0.2) is 12.5 Å². The van der Waals surface area contributed by atoms with Gasteiger partial charge in [0.05, 0.1) is 5.69 Å². The summed E-state index contributed by atoms with van der Waals surface area (Å²) in [6, 6.07) is 13.8. The number of amides is 1. The normalized spacial score (nSPS) is 13.2. The zero-order chi connectivity index (χ0) is 13.9. The standard InChI is InChI=1S/C15H13BrN2O2/c16-11-3-1-10(2-4-11)8-17-12-5-6-13-14(7-12)20-9-15(19)18-13/h1-7,17H,8-9H2,(H,18,19). The lowest BCUT2D eigenvalue weighted by atomic mass is 10.2. The zero-order valence-electron chi connectivity index (χ0n) is 10.7. The maximum atomic E-state index is 11.2. The second kappa shape index (κ2) is 5.54. The fraction of sp³-hybridized carbons (Fsp3) is 0.133. The van der Waals surface area contributed by atoms with Crippen LogP contribution in [0, 0.1) is 0 Å². The Labute approximate surface area is 125 Å². The third kappa shape index (κ3) is 2.93. The first-order valence-corrected chi connectivity index (χ1v) is 7.05. The number of fused-ring (bicyclic) bond motifs is 1. The molecule has 4 nitrogen and oxygen atoms in total. The highest BCUT2D eigenvalue weighted by molar-refractivity contribution is 9.10. The molecule has 0 saturated carbocycles. The Morgan fingerprint density at radius 1 is 1.20 bits per heavy atom. The molecule has 5 heteroatoms. The molecule has 0 radical (unpaired) electrons. The molecular weight excluding hydrogens is 320 g/mol. The van der Waals surface area contributed by atoms with Crippen LogP contribution < -0.4 is 15.4 Å². The summed E-state index contributed by atoms with van der Waals surface area (Å²) in [6.07, 6.45) is 0. The minimum absolute atomic E-state index is 0.0726. The van der Waals surface area contributed by atoms with E-state index in [1.165, 1.54) is 5.56 Å². The van der Waals surface area contributed by atoms with Crippen LogP contribution in [0.4, 0.5) is 11.4 Å². The number of hydrogen-bond acceptors (Lipinski definition) is 3. The van der Waals surface area contributed by atoms with Crippen LogP contribution in [0.15, 0.2) is 46.9 Å². The van der Waals surface area contributed by atoms with Crippen molar-refractivity contribution in [1.82, 2.24) is 0 Å². The molecule has 1 amide bonds. The number of anilines is 2. The second-order valence-electron chi connectivity index (χ2n) is 4.53. The molecule has 1 aliphatic heterocycles. The lowest BCUT2D eigenvalue weighted by Gasteiger charge is -2.18. The number of carbonyl (C=O) groups is 1. The van der Waals surface area contributed by atoms with Crippen LogP contribution in [0.3, 0.4) is 0 Å². The van der Waals surface area contributed by atoms with Crippen LogP contribution in [0.5, 0.6) is 5.75 Å². The van der Waals surface area contributed by atoms with Crippen molar-refractivity contribution in [2.75, 3.05) is 17.2 Å². The third-order valence-corrected chi connectivity index (χ3v) is 3.55. The highest BCUT2D eigenvalue weighted by Gasteiger charge is 2.15. The van der Waals surface area contributed by atoms with E-state index in [-0.39, 0.29) is 12.5 Å². The van der Waals surface area contributed by atoms with Gasteiger partial charge in [0, 0.05) is 22.8 Å². The average Bonchev–Trinajstić information content (AvgIpc) is 2.46. The van der Waals surface area contributed by atoms with Gasteiger partial charge in [-0.2, -0.15) is 0 Å². The summed E-state index contributed by atoms with van der Waals surface area (Å²) in [7, 11) is 0. The van der Waals surface area contributed by atoms with Gasteiger partial charge in [-0.1, -0.05) is 28.1 Å². The summed E-state index contributed by atoms with van der Waals surface area (Å²) in [4.78, 5) is 11.2. The minimum Gasteiger partial charge on any atom is -0.482 e. The maximum Gasteiger partial charge on any atom is 0.262 e. The van der Waals surface area contributed by atoms with E-state index in [9.17, 15) is 4.79 Å². The predicted molar refractivity (Wildman–Crippen MR) is 82.0 cm³/mol. The van der Waals surface area contributed by atoms with Gasteiger partial charge >= 0.3 is 0 Å². The van der Waals surface area contributed by atoms with Crippen LogP contribution in [-0.2, 0) is 11.3 Å². The Hall–Kier alpha value is -2.01. The Morgan fingerprint density at radius 2 is 2.00 bits per heavy atom. The minimum atomic E-state index is -0.118. The van der Waals surface area contributed by atoms with Gasteiger partial charge in [-0.05, 0) is 29.8 Å². The van der Waals surface area contributed by atoms with Crippen molar-refractivity contribution in [3.63, 3.8) is 0 Å². The molecule has 0 aromatic heterocycles. The van der Waals surface area contributed by atoms with Gasteiger partial charge in [-0.15, -0.1) is 0 Å². The Morgan fingerprint density at radius 3 is 2.80 bits per heavy atom. The molecule has 2 aromatic carbocycles. The Balaban J connectivity index is 1.69. The lowest BCUT2D eigenvalue weighted by Crippen LogP contribution is -2.25.